The van der Waals surface area contributed by atoms with Crippen molar-refractivity contribution in [3.63, 3.8) is 0 Å². The molecule has 44 valence electrons. The monoisotopic (exact) mass is 113 g/mol. The molecular formula is C5H7NO2. The van der Waals surface area contributed by atoms with Crippen molar-refractivity contribution in [2.75, 3.05) is 13.2 Å². The standard InChI is InChI=1S/C5H7NO2/c7-4-6-5-1-2-8-3-5/h5H,1-3H2. The van der Waals surface area contributed by atoms with E-state index in [1.54, 1.807) is 0 Å². The first-order chi connectivity index (χ1) is 3.93. The van der Waals surface area contributed by atoms with Crippen molar-refractivity contribution in [3.05, 3.63) is 0 Å². The smallest absolute Gasteiger partial charge is 0.235 e. The summed E-state index contributed by atoms with van der Waals surface area (Å²) >= 11 is 0. The number of hydrogen-bond acceptors (Lipinski definition) is 3. The minimum Gasteiger partial charge on any atom is -0.379 e. The third kappa shape index (κ3) is 1.15. The fraction of sp³-hybridized carbons (Fsp3) is 0.800. The summed E-state index contributed by atoms with van der Waals surface area (Å²) in [5.74, 6) is 0. The van der Waals surface area contributed by atoms with Crippen LogP contribution in [0.2, 0.25) is 0 Å². The van der Waals surface area contributed by atoms with Crippen LogP contribution >= 0.6 is 0 Å². The zero-order chi connectivity index (χ0) is 5.82. The maximum absolute atomic E-state index is 9.61. The zero-order valence-corrected chi connectivity index (χ0v) is 4.46. The Morgan fingerprint density at radius 1 is 1.75 bits per heavy atom. The molecule has 1 atom stereocenters. The SMILES string of the molecule is O=C=NC1CCOC1. The van der Waals surface area contributed by atoms with Crippen LogP contribution in [-0.2, 0) is 9.53 Å². The number of rotatable bonds is 1. The molecule has 8 heavy (non-hydrogen) atoms. The van der Waals surface area contributed by atoms with Gasteiger partial charge in [0.25, 0.3) is 0 Å². The van der Waals surface area contributed by atoms with Gasteiger partial charge >= 0.3 is 0 Å². The molecular weight excluding hydrogens is 106 g/mol. The third-order valence-electron chi connectivity index (χ3n) is 1.14. The summed E-state index contributed by atoms with van der Waals surface area (Å²) in [6.45, 7) is 1.32. The molecule has 1 unspecified atom stereocenters. The lowest BCUT2D eigenvalue weighted by Gasteiger charge is -1.90. The van der Waals surface area contributed by atoms with Gasteiger partial charge in [0.05, 0.1) is 12.6 Å². The molecule has 1 saturated heterocycles. The molecule has 0 aromatic rings. The quantitative estimate of drug-likeness (QED) is 0.357. The van der Waals surface area contributed by atoms with Crippen LogP contribution in [0.25, 0.3) is 0 Å². The van der Waals surface area contributed by atoms with Crippen LogP contribution < -0.4 is 0 Å². The first-order valence-electron chi connectivity index (χ1n) is 2.58. The highest BCUT2D eigenvalue weighted by Gasteiger charge is 2.12. The number of hydrogen-bond donors (Lipinski definition) is 0. The van der Waals surface area contributed by atoms with Gasteiger partial charge in [0.1, 0.15) is 0 Å². The molecule has 1 heterocycles. The van der Waals surface area contributed by atoms with Gasteiger partial charge < -0.3 is 4.74 Å². The predicted molar refractivity (Wildman–Crippen MR) is 27.3 cm³/mol. The Labute approximate surface area is 47.4 Å². The molecule has 0 aliphatic carbocycles. The van der Waals surface area contributed by atoms with Crippen molar-refractivity contribution < 1.29 is 9.53 Å². The van der Waals surface area contributed by atoms with Gasteiger partial charge in [0.15, 0.2) is 0 Å². The molecule has 0 radical (unpaired) electrons. The van der Waals surface area contributed by atoms with Crippen molar-refractivity contribution >= 4 is 6.08 Å². The predicted octanol–water partition coefficient (Wildman–Crippen LogP) is 0.111. The molecule has 0 aromatic carbocycles. The maximum atomic E-state index is 9.61. The third-order valence-corrected chi connectivity index (χ3v) is 1.14. The van der Waals surface area contributed by atoms with Crippen LogP contribution in [0.3, 0.4) is 0 Å². The zero-order valence-electron chi connectivity index (χ0n) is 4.46. The highest BCUT2D eigenvalue weighted by Crippen LogP contribution is 2.05. The van der Waals surface area contributed by atoms with Crippen LogP contribution in [0.5, 0.6) is 0 Å². The van der Waals surface area contributed by atoms with Gasteiger partial charge in [-0.3, -0.25) is 0 Å². The van der Waals surface area contributed by atoms with Gasteiger partial charge in [-0.15, -0.1) is 0 Å². The van der Waals surface area contributed by atoms with Crippen molar-refractivity contribution in [1.82, 2.24) is 0 Å². The minimum atomic E-state index is 0.0903. The molecule has 1 aliphatic rings. The Bertz CT molecular complexity index is 112. The lowest BCUT2D eigenvalue weighted by molar-refractivity contribution is 0.194. The highest BCUT2D eigenvalue weighted by molar-refractivity contribution is 5.33. The molecule has 1 fully saturated rings. The van der Waals surface area contributed by atoms with E-state index in [1.807, 2.05) is 0 Å². The van der Waals surface area contributed by atoms with E-state index in [0.29, 0.717) is 6.61 Å². The molecule has 3 heteroatoms. The van der Waals surface area contributed by atoms with E-state index in [-0.39, 0.29) is 6.04 Å². The summed E-state index contributed by atoms with van der Waals surface area (Å²) in [5.41, 5.74) is 0. The van der Waals surface area contributed by atoms with Gasteiger partial charge in [0.2, 0.25) is 6.08 Å². The van der Waals surface area contributed by atoms with E-state index < -0.39 is 0 Å². The first-order valence-corrected chi connectivity index (χ1v) is 2.58. The van der Waals surface area contributed by atoms with E-state index in [1.165, 1.54) is 6.08 Å². The Kier molecular flexibility index (Phi) is 1.78. The number of isocyanates is 1. The van der Waals surface area contributed by atoms with Crippen molar-refractivity contribution in [3.8, 4) is 0 Å². The number of nitrogens with zero attached hydrogens (tertiary/aromatic N) is 1. The van der Waals surface area contributed by atoms with E-state index in [2.05, 4.69) is 4.99 Å². The van der Waals surface area contributed by atoms with Crippen LogP contribution in [0.15, 0.2) is 4.99 Å². The minimum absolute atomic E-state index is 0.0903. The van der Waals surface area contributed by atoms with Gasteiger partial charge in [0, 0.05) is 6.61 Å². The summed E-state index contributed by atoms with van der Waals surface area (Å²) in [6, 6.07) is 0.0903. The number of aliphatic imine (C=N–C) groups is 1. The molecule has 0 aromatic heterocycles. The lowest BCUT2D eigenvalue weighted by atomic mass is 10.3. The largest absolute Gasteiger partial charge is 0.379 e. The van der Waals surface area contributed by atoms with Crippen molar-refractivity contribution in [2.45, 2.75) is 12.5 Å². The molecule has 0 saturated carbocycles. The molecule has 0 amide bonds. The van der Waals surface area contributed by atoms with Gasteiger partial charge in [-0.25, -0.2) is 9.79 Å². The summed E-state index contributed by atoms with van der Waals surface area (Å²) in [4.78, 5) is 13.1. The lowest BCUT2D eigenvalue weighted by Crippen LogP contribution is -2.00. The summed E-state index contributed by atoms with van der Waals surface area (Å²) in [7, 11) is 0. The second-order valence-corrected chi connectivity index (χ2v) is 1.74. The van der Waals surface area contributed by atoms with E-state index in [9.17, 15) is 4.79 Å². The fourth-order valence-corrected chi connectivity index (χ4v) is 0.698. The highest BCUT2D eigenvalue weighted by atomic mass is 16.5. The van der Waals surface area contributed by atoms with E-state index in [0.717, 1.165) is 13.0 Å². The average Bonchev–Trinajstić information content (AvgIpc) is 2.19. The second-order valence-electron chi connectivity index (χ2n) is 1.74. The molecule has 0 N–H and O–H groups in total. The first kappa shape index (κ1) is 5.48. The maximum Gasteiger partial charge on any atom is 0.235 e. The van der Waals surface area contributed by atoms with Crippen LogP contribution in [0, 0.1) is 0 Å². The number of carbonyl (C=O) groups excluding carboxylic acids is 1. The Morgan fingerprint density at radius 2 is 2.62 bits per heavy atom. The van der Waals surface area contributed by atoms with Crippen LogP contribution in [0.4, 0.5) is 0 Å². The van der Waals surface area contributed by atoms with Crippen LogP contribution in [0.1, 0.15) is 6.42 Å². The topological polar surface area (TPSA) is 38.7 Å². The number of ether oxygens (including phenoxy) is 1. The van der Waals surface area contributed by atoms with Gasteiger partial charge in [-0.1, -0.05) is 0 Å². The summed E-state index contributed by atoms with van der Waals surface area (Å²) in [6.07, 6.45) is 2.37. The molecule has 0 spiro atoms. The van der Waals surface area contributed by atoms with Crippen LogP contribution in [-0.4, -0.2) is 25.3 Å². The molecule has 1 rings (SSSR count). The summed E-state index contributed by atoms with van der Waals surface area (Å²) in [5, 5.41) is 0. The van der Waals surface area contributed by atoms with Gasteiger partial charge in [-0.2, -0.15) is 0 Å². The fourth-order valence-electron chi connectivity index (χ4n) is 0.698. The van der Waals surface area contributed by atoms with Crippen molar-refractivity contribution in [2.24, 2.45) is 4.99 Å². The van der Waals surface area contributed by atoms with Crippen molar-refractivity contribution in [1.29, 1.82) is 0 Å². The molecule has 0 bridgehead atoms. The molecule has 1 aliphatic heterocycles. The average molecular weight is 113 g/mol. The Balaban J connectivity index is 2.35. The van der Waals surface area contributed by atoms with E-state index >= 15 is 0 Å². The second kappa shape index (κ2) is 2.60. The Morgan fingerprint density at radius 3 is 3.12 bits per heavy atom. The van der Waals surface area contributed by atoms with Gasteiger partial charge in [-0.05, 0) is 6.42 Å². The summed E-state index contributed by atoms with van der Waals surface area (Å²) < 4.78 is 4.94. The Hall–Kier alpha value is -0.660. The normalized spacial score (nSPS) is 27.2. The molecule has 3 nitrogen and oxygen atoms in total. The van der Waals surface area contributed by atoms with E-state index in [4.69, 9.17) is 4.74 Å².